The summed E-state index contributed by atoms with van der Waals surface area (Å²) in [5, 5.41) is 14.6. The third-order valence-electron chi connectivity index (χ3n) is 3.86. The van der Waals surface area contributed by atoms with E-state index in [1.165, 1.54) is 0 Å². The summed E-state index contributed by atoms with van der Waals surface area (Å²) in [6.07, 6.45) is 0. The van der Waals surface area contributed by atoms with E-state index >= 15 is 0 Å². The highest BCUT2D eigenvalue weighted by molar-refractivity contribution is 6.33. The third kappa shape index (κ3) is 4.60. The van der Waals surface area contributed by atoms with Gasteiger partial charge in [-0.3, -0.25) is 20.2 Å². The van der Waals surface area contributed by atoms with Crippen LogP contribution in [0.4, 0.5) is 0 Å². The van der Waals surface area contributed by atoms with Gasteiger partial charge in [-0.1, -0.05) is 23.7 Å². The smallest absolute Gasteiger partial charge is 0.129 e. The quantitative estimate of drug-likeness (QED) is 0.521. The number of pyridine rings is 2. The number of aromatic amines is 2. The van der Waals surface area contributed by atoms with Crippen molar-refractivity contribution in [2.45, 2.75) is 27.7 Å². The highest BCUT2D eigenvalue weighted by Gasteiger charge is 2.10. The van der Waals surface area contributed by atoms with Crippen LogP contribution < -0.4 is 0 Å². The zero-order valence-corrected chi connectivity index (χ0v) is 16.5. The highest BCUT2D eigenvalue weighted by atomic mass is 35.5. The van der Waals surface area contributed by atoms with Crippen LogP contribution in [0.25, 0.3) is 22.8 Å². The Hall–Kier alpha value is -2.99. The van der Waals surface area contributed by atoms with Crippen molar-refractivity contribution >= 4 is 11.6 Å². The molecule has 0 saturated carbocycles. The van der Waals surface area contributed by atoms with Crippen LogP contribution in [0.15, 0.2) is 42.5 Å². The van der Waals surface area contributed by atoms with E-state index in [2.05, 4.69) is 30.4 Å². The third-order valence-corrected chi connectivity index (χ3v) is 4.32. The molecule has 0 aromatic carbocycles. The second-order valence-corrected chi connectivity index (χ2v) is 6.65. The molecule has 0 radical (unpaired) electrons. The lowest BCUT2D eigenvalue weighted by Crippen LogP contribution is -1.86. The number of aryl methyl sites for hydroxylation is 4. The van der Waals surface area contributed by atoms with Crippen LogP contribution >= 0.6 is 11.6 Å². The molecule has 138 valence electrons. The molecule has 0 atom stereocenters. The topological polar surface area (TPSA) is 83.1 Å². The lowest BCUT2D eigenvalue weighted by Gasteiger charge is -1.97. The minimum Gasteiger partial charge on any atom is -0.282 e. The van der Waals surface area contributed by atoms with Gasteiger partial charge in [-0.25, -0.2) is 0 Å². The zero-order chi connectivity index (χ0) is 19.4. The van der Waals surface area contributed by atoms with E-state index in [-0.39, 0.29) is 0 Å². The van der Waals surface area contributed by atoms with Crippen LogP contribution in [0.5, 0.6) is 0 Å². The monoisotopic (exact) mass is 380 g/mol. The molecule has 2 N–H and O–H groups in total. The van der Waals surface area contributed by atoms with E-state index in [1.807, 2.05) is 70.2 Å². The van der Waals surface area contributed by atoms with E-state index in [0.29, 0.717) is 10.7 Å². The van der Waals surface area contributed by atoms with E-state index in [0.717, 1.165) is 39.9 Å². The van der Waals surface area contributed by atoms with Gasteiger partial charge in [-0.15, -0.1) is 0 Å². The molecular formula is C20H21ClN6. The van der Waals surface area contributed by atoms with Gasteiger partial charge in [-0.05, 0) is 58.0 Å². The Balaban J connectivity index is 0.000000156. The van der Waals surface area contributed by atoms with Gasteiger partial charge >= 0.3 is 0 Å². The van der Waals surface area contributed by atoms with Crippen LogP contribution in [-0.2, 0) is 0 Å². The number of H-pyrrole nitrogens is 2. The molecule has 0 aliphatic rings. The molecule has 4 aromatic heterocycles. The molecule has 0 amide bonds. The molecule has 4 aromatic rings. The number of nitrogens with one attached hydrogen (secondary N) is 2. The van der Waals surface area contributed by atoms with Crippen LogP contribution in [0.2, 0.25) is 5.02 Å². The van der Waals surface area contributed by atoms with Crippen LogP contribution in [0.3, 0.4) is 0 Å². The van der Waals surface area contributed by atoms with Gasteiger partial charge in [-0.2, -0.15) is 10.2 Å². The van der Waals surface area contributed by atoms with Gasteiger partial charge in [0.15, 0.2) is 0 Å². The first-order valence-corrected chi connectivity index (χ1v) is 8.92. The Bertz CT molecular complexity index is 1050. The summed E-state index contributed by atoms with van der Waals surface area (Å²) in [5.74, 6) is 0. The Morgan fingerprint density at radius 2 is 1.37 bits per heavy atom. The van der Waals surface area contributed by atoms with E-state index < -0.39 is 0 Å². The summed E-state index contributed by atoms with van der Waals surface area (Å²) in [7, 11) is 0. The lowest BCUT2D eigenvalue weighted by molar-refractivity contribution is 1.04. The van der Waals surface area contributed by atoms with E-state index in [4.69, 9.17) is 11.6 Å². The van der Waals surface area contributed by atoms with E-state index in [1.54, 1.807) is 0 Å². The molecule has 6 nitrogen and oxygen atoms in total. The first-order valence-electron chi connectivity index (χ1n) is 8.54. The predicted octanol–water partition coefficient (Wildman–Crippen LogP) is 4.83. The molecule has 4 heterocycles. The van der Waals surface area contributed by atoms with Crippen LogP contribution in [0.1, 0.15) is 22.8 Å². The summed E-state index contributed by atoms with van der Waals surface area (Å²) in [4.78, 5) is 8.72. The number of halogens is 1. The van der Waals surface area contributed by atoms with Gasteiger partial charge in [0.05, 0.1) is 22.1 Å². The van der Waals surface area contributed by atoms with Crippen molar-refractivity contribution in [1.82, 2.24) is 30.4 Å². The zero-order valence-electron chi connectivity index (χ0n) is 15.7. The fourth-order valence-corrected chi connectivity index (χ4v) is 2.68. The summed E-state index contributed by atoms with van der Waals surface area (Å²) in [6, 6.07) is 13.7. The number of hydrogen-bond acceptors (Lipinski definition) is 4. The molecule has 7 heteroatoms. The average molecular weight is 381 g/mol. The summed E-state index contributed by atoms with van der Waals surface area (Å²) >= 11 is 6.06. The maximum Gasteiger partial charge on any atom is 0.129 e. The van der Waals surface area contributed by atoms with Crippen LogP contribution in [-0.4, -0.2) is 30.4 Å². The first kappa shape index (κ1) is 18.8. The van der Waals surface area contributed by atoms with Crippen molar-refractivity contribution in [3.05, 3.63) is 70.3 Å². The van der Waals surface area contributed by atoms with Crippen molar-refractivity contribution in [1.29, 1.82) is 0 Å². The average Bonchev–Trinajstić information content (AvgIpc) is 3.22. The second kappa shape index (κ2) is 8.14. The summed E-state index contributed by atoms with van der Waals surface area (Å²) < 4.78 is 0. The van der Waals surface area contributed by atoms with E-state index in [9.17, 15) is 0 Å². The molecule has 0 saturated heterocycles. The van der Waals surface area contributed by atoms with Crippen molar-refractivity contribution < 1.29 is 0 Å². The van der Waals surface area contributed by atoms with Gasteiger partial charge in [0.2, 0.25) is 0 Å². The van der Waals surface area contributed by atoms with Gasteiger partial charge in [0, 0.05) is 17.1 Å². The van der Waals surface area contributed by atoms with Crippen molar-refractivity contribution in [2.24, 2.45) is 0 Å². The number of hydrogen-bond donors (Lipinski definition) is 2. The normalized spacial score (nSPS) is 10.4. The van der Waals surface area contributed by atoms with Gasteiger partial charge in [0.25, 0.3) is 0 Å². The Labute approximate surface area is 163 Å². The number of rotatable bonds is 2. The molecule has 0 bridgehead atoms. The largest absolute Gasteiger partial charge is 0.282 e. The molecule has 4 rings (SSSR count). The van der Waals surface area contributed by atoms with Crippen molar-refractivity contribution in [3.8, 4) is 22.8 Å². The molecule has 27 heavy (non-hydrogen) atoms. The molecule has 0 fully saturated rings. The van der Waals surface area contributed by atoms with Gasteiger partial charge < -0.3 is 0 Å². The standard InChI is InChI=1S/C10H10ClN3.C10H11N3/c1-6-4-3-5-8(12-6)10-9(11)7(2)13-14-10;1-7-4-3-5-9(11-7)10-6-8(2)12-13-10/h3-5H,1-2H3,(H,13,14);3-6H,1-2H3,(H,12,13). The fourth-order valence-electron chi connectivity index (χ4n) is 2.50. The summed E-state index contributed by atoms with van der Waals surface area (Å²) in [5.41, 5.74) is 7.23. The second-order valence-electron chi connectivity index (χ2n) is 6.28. The lowest BCUT2D eigenvalue weighted by atomic mass is 10.2. The SMILES string of the molecule is Cc1cccc(-c2cc(C)[nH]n2)n1.Cc1cccc(-c2n[nH]c(C)c2Cl)n1. The first-order chi connectivity index (χ1) is 12.9. The fraction of sp³-hybridized carbons (Fsp3) is 0.200. The Morgan fingerprint density at radius 1 is 0.741 bits per heavy atom. The minimum atomic E-state index is 0.642. The Kier molecular flexibility index (Phi) is 5.66. The molecule has 0 aliphatic carbocycles. The molecule has 0 aliphatic heterocycles. The molecular weight excluding hydrogens is 360 g/mol. The summed E-state index contributed by atoms with van der Waals surface area (Å²) in [6.45, 7) is 7.78. The maximum atomic E-state index is 6.06. The van der Waals surface area contributed by atoms with Crippen molar-refractivity contribution in [3.63, 3.8) is 0 Å². The maximum absolute atomic E-state index is 6.06. The minimum absolute atomic E-state index is 0.642. The molecule has 0 unspecified atom stereocenters. The number of nitrogens with zero attached hydrogens (tertiary/aromatic N) is 4. The van der Waals surface area contributed by atoms with Crippen LogP contribution in [0, 0.1) is 27.7 Å². The number of aromatic nitrogens is 6. The predicted molar refractivity (Wildman–Crippen MR) is 108 cm³/mol. The Morgan fingerprint density at radius 3 is 1.89 bits per heavy atom. The van der Waals surface area contributed by atoms with Crippen molar-refractivity contribution in [2.75, 3.05) is 0 Å². The van der Waals surface area contributed by atoms with Gasteiger partial charge in [0.1, 0.15) is 11.4 Å². The highest BCUT2D eigenvalue weighted by Crippen LogP contribution is 2.26. The molecule has 0 spiro atoms.